The molecule has 0 amide bonds. The number of carbonyl (C=O) groups excluding carboxylic acids is 1. The zero-order valence-electron chi connectivity index (χ0n) is 5.98. The number of rotatable bonds is 1. The van der Waals surface area contributed by atoms with Gasteiger partial charge in [-0.3, -0.25) is 0 Å². The molecule has 1 aromatic rings. The molecule has 0 heterocycles. The van der Waals surface area contributed by atoms with Crippen molar-refractivity contribution in [3.05, 3.63) is 28.2 Å². The quantitative estimate of drug-likeness (QED) is 0.577. The van der Waals surface area contributed by atoms with E-state index in [4.69, 9.17) is 11.6 Å². The average molecular weight is 271 g/mol. The van der Waals surface area contributed by atoms with Crippen LogP contribution < -0.4 is 4.74 Å². The molecule has 0 aromatic heterocycles. The van der Waals surface area contributed by atoms with Crippen molar-refractivity contribution in [2.75, 3.05) is 0 Å². The summed E-state index contributed by atoms with van der Waals surface area (Å²) in [5.41, 5.74) is -1.15. The highest BCUT2D eigenvalue weighted by atomic mass is 79.9. The van der Waals surface area contributed by atoms with Crippen LogP contribution in [0.4, 0.5) is 13.6 Å². The summed E-state index contributed by atoms with van der Waals surface area (Å²) in [5, 5.41) is 0. The van der Waals surface area contributed by atoms with E-state index in [1.165, 1.54) is 0 Å². The minimum absolute atomic E-state index is 0.279. The number of carbonyl (C=O) groups is 1. The van der Waals surface area contributed by atoms with E-state index in [0.29, 0.717) is 0 Å². The van der Waals surface area contributed by atoms with Gasteiger partial charge in [0.15, 0.2) is 0 Å². The van der Waals surface area contributed by atoms with Gasteiger partial charge in [0.25, 0.3) is 0 Å². The summed E-state index contributed by atoms with van der Waals surface area (Å²) in [4.78, 5) is 10.2. The van der Waals surface area contributed by atoms with E-state index < -0.39 is 17.1 Å². The van der Waals surface area contributed by atoms with Crippen LogP contribution in [0, 0.1) is 11.6 Å². The Morgan fingerprint density at radius 3 is 2.23 bits per heavy atom. The van der Waals surface area contributed by atoms with Gasteiger partial charge in [0.1, 0.15) is 17.4 Å². The summed E-state index contributed by atoms with van der Waals surface area (Å²) in [6, 6.07) is 1.68. The normalized spacial score (nSPS) is 9.85. The first kappa shape index (κ1) is 10.4. The first-order valence-corrected chi connectivity index (χ1v) is 4.19. The molecule has 0 saturated heterocycles. The zero-order valence-corrected chi connectivity index (χ0v) is 8.32. The number of ether oxygens (including phenoxy) is 1. The van der Waals surface area contributed by atoms with Crippen molar-refractivity contribution < 1.29 is 18.3 Å². The molecule has 6 heteroatoms. The lowest BCUT2D eigenvalue weighted by Crippen LogP contribution is -1.97. The van der Waals surface area contributed by atoms with Gasteiger partial charge in [-0.15, -0.1) is 0 Å². The molecule has 70 valence electrons. The molecule has 0 atom stereocenters. The van der Waals surface area contributed by atoms with E-state index in [1.807, 2.05) is 0 Å². The van der Waals surface area contributed by atoms with Gasteiger partial charge in [-0.1, -0.05) is 0 Å². The van der Waals surface area contributed by atoms with Crippen molar-refractivity contribution >= 4 is 33.0 Å². The maximum Gasteiger partial charge on any atom is 0.409 e. The second kappa shape index (κ2) is 4.02. The minimum Gasteiger partial charge on any atom is -0.414 e. The van der Waals surface area contributed by atoms with Crippen molar-refractivity contribution in [1.82, 2.24) is 0 Å². The van der Waals surface area contributed by atoms with E-state index in [-0.39, 0.29) is 10.2 Å². The summed E-state index contributed by atoms with van der Waals surface area (Å²) in [5.74, 6) is -2.01. The van der Waals surface area contributed by atoms with Gasteiger partial charge in [0, 0.05) is 23.7 Å². The van der Waals surface area contributed by atoms with E-state index in [0.717, 1.165) is 12.1 Å². The summed E-state index contributed by atoms with van der Waals surface area (Å²) in [6.07, 6.45) is 0. The van der Waals surface area contributed by atoms with Crippen LogP contribution in [0.25, 0.3) is 0 Å². The van der Waals surface area contributed by atoms with E-state index >= 15 is 0 Å². The molecule has 0 bridgehead atoms. The maximum atomic E-state index is 12.8. The summed E-state index contributed by atoms with van der Waals surface area (Å²) in [6.45, 7) is 0. The van der Waals surface area contributed by atoms with E-state index in [9.17, 15) is 13.6 Å². The molecule has 2 nitrogen and oxygen atoms in total. The van der Waals surface area contributed by atoms with Crippen LogP contribution in [0.2, 0.25) is 0 Å². The van der Waals surface area contributed by atoms with Crippen LogP contribution in [0.1, 0.15) is 0 Å². The lowest BCUT2D eigenvalue weighted by Gasteiger charge is -2.01. The Morgan fingerprint density at radius 1 is 1.38 bits per heavy atom. The molecule has 0 N–H and O–H groups in total. The SMILES string of the molecule is O=C(Cl)Oc1cc(F)c(Br)c(F)c1. The van der Waals surface area contributed by atoms with Crippen LogP contribution >= 0.6 is 27.5 Å². The monoisotopic (exact) mass is 270 g/mol. The Hall–Kier alpha value is -0.680. The number of halogens is 4. The first-order valence-electron chi connectivity index (χ1n) is 3.02. The van der Waals surface area contributed by atoms with Crippen LogP contribution in [0.3, 0.4) is 0 Å². The fourth-order valence-corrected chi connectivity index (χ4v) is 1.00. The van der Waals surface area contributed by atoms with Crippen molar-refractivity contribution in [3.63, 3.8) is 0 Å². The predicted octanol–water partition coefficient (Wildman–Crippen LogP) is 3.46. The molecule has 0 radical (unpaired) electrons. The Morgan fingerprint density at radius 2 is 1.85 bits per heavy atom. The van der Waals surface area contributed by atoms with Crippen molar-refractivity contribution in [1.29, 1.82) is 0 Å². The summed E-state index contributed by atoms with van der Waals surface area (Å²) < 4.78 is 29.5. The predicted molar refractivity (Wildman–Crippen MR) is 45.9 cm³/mol. The van der Waals surface area contributed by atoms with Crippen LogP contribution in [0.5, 0.6) is 5.75 Å². The topological polar surface area (TPSA) is 26.3 Å². The third-order valence-electron chi connectivity index (χ3n) is 1.16. The number of benzene rings is 1. The van der Waals surface area contributed by atoms with E-state index in [2.05, 4.69) is 20.7 Å². The Bertz CT molecular complexity index is 333. The zero-order chi connectivity index (χ0) is 10.0. The summed E-state index contributed by atoms with van der Waals surface area (Å²) >= 11 is 7.50. The Kier molecular flexibility index (Phi) is 3.22. The summed E-state index contributed by atoms with van der Waals surface area (Å²) in [7, 11) is 0. The second-order valence-corrected chi connectivity index (χ2v) is 3.14. The molecule has 0 fully saturated rings. The molecule has 1 aromatic carbocycles. The lowest BCUT2D eigenvalue weighted by molar-refractivity contribution is 0.225. The van der Waals surface area contributed by atoms with Crippen LogP contribution in [-0.2, 0) is 0 Å². The highest BCUT2D eigenvalue weighted by Gasteiger charge is 2.10. The largest absolute Gasteiger partial charge is 0.414 e. The maximum absolute atomic E-state index is 12.8. The number of hydrogen-bond acceptors (Lipinski definition) is 2. The average Bonchev–Trinajstić information content (AvgIpc) is 1.98. The molecule has 0 saturated carbocycles. The Balaban J connectivity index is 3.06. The highest BCUT2D eigenvalue weighted by Crippen LogP contribution is 2.25. The van der Waals surface area contributed by atoms with Gasteiger partial charge in [0.2, 0.25) is 0 Å². The third-order valence-corrected chi connectivity index (χ3v) is 1.99. The van der Waals surface area contributed by atoms with Gasteiger partial charge < -0.3 is 4.74 Å². The molecular formula is C7H2BrClF2O2. The fraction of sp³-hybridized carbons (Fsp3) is 0. The number of hydrogen-bond donors (Lipinski definition) is 0. The van der Waals surface area contributed by atoms with Gasteiger partial charge in [-0.05, 0) is 15.9 Å². The van der Waals surface area contributed by atoms with Gasteiger partial charge >= 0.3 is 5.43 Å². The van der Waals surface area contributed by atoms with Gasteiger partial charge in [-0.2, -0.15) is 0 Å². The van der Waals surface area contributed by atoms with E-state index in [1.54, 1.807) is 0 Å². The van der Waals surface area contributed by atoms with Gasteiger partial charge in [0.05, 0.1) is 4.47 Å². The third kappa shape index (κ3) is 2.63. The first-order chi connectivity index (χ1) is 6.00. The molecule has 0 aliphatic heterocycles. The van der Waals surface area contributed by atoms with Crippen molar-refractivity contribution in [3.8, 4) is 5.75 Å². The highest BCUT2D eigenvalue weighted by molar-refractivity contribution is 9.10. The van der Waals surface area contributed by atoms with Crippen molar-refractivity contribution in [2.24, 2.45) is 0 Å². The molecule has 0 aliphatic carbocycles. The van der Waals surface area contributed by atoms with Crippen LogP contribution in [0.15, 0.2) is 16.6 Å². The lowest BCUT2D eigenvalue weighted by atomic mass is 10.3. The smallest absolute Gasteiger partial charge is 0.409 e. The second-order valence-electron chi connectivity index (χ2n) is 2.04. The minimum atomic E-state index is -1.15. The Labute approximate surface area is 85.6 Å². The molecular weight excluding hydrogens is 269 g/mol. The molecule has 0 aliphatic rings. The molecule has 1 rings (SSSR count). The standard InChI is InChI=1S/C7H2BrClF2O2/c8-6-4(10)1-3(2-5(6)11)13-7(9)12/h1-2H. The van der Waals surface area contributed by atoms with Crippen molar-refractivity contribution in [2.45, 2.75) is 0 Å². The molecule has 0 unspecified atom stereocenters. The van der Waals surface area contributed by atoms with Crippen LogP contribution in [-0.4, -0.2) is 5.43 Å². The van der Waals surface area contributed by atoms with Gasteiger partial charge in [-0.25, -0.2) is 13.6 Å². The fourth-order valence-electron chi connectivity index (χ4n) is 0.684. The molecule has 0 spiro atoms. The molecule has 13 heavy (non-hydrogen) atoms.